The van der Waals surface area contributed by atoms with Crippen LogP contribution in [-0.4, -0.2) is 29.0 Å². The molecule has 1 aromatic rings. The molecular weight excluding hydrogens is 232 g/mol. The normalized spacial score (nSPS) is 18.8. The zero-order valence-corrected chi connectivity index (χ0v) is 10.5. The van der Waals surface area contributed by atoms with Gasteiger partial charge < -0.3 is 10.6 Å². The fraction of sp³-hybridized carbons (Fsp3) is 0.583. The first-order valence-electron chi connectivity index (χ1n) is 6.25. The van der Waals surface area contributed by atoms with Crippen LogP contribution >= 0.6 is 0 Å². The summed E-state index contributed by atoms with van der Waals surface area (Å²) in [6, 6.07) is 2.07. The second-order valence-corrected chi connectivity index (χ2v) is 4.65. The number of hydrogen-bond donors (Lipinski definition) is 2. The fourth-order valence-corrected chi connectivity index (χ4v) is 2.20. The van der Waals surface area contributed by atoms with Crippen molar-refractivity contribution in [1.29, 1.82) is 0 Å². The van der Waals surface area contributed by atoms with Crippen molar-refractivity contribution in [3.05, 3.63) is 27.9 Å². The molecule has 0 saturated carbocycles. The summed E-state index contributed by atoms with van der Waals surface area (Å²) in [5.41, 5.74) is 0.846. The Morgan fingerprint density at radius 1 is 1.67 bits per heavy atom. The Bertz CT molecular complexity index is 430. The van der Waals surface area contributed by atoms with Gasteiger partial charge in [-0.05, 0) is 38.3 Å². The van der Waals surface area contributed by atoms with Crippen molar-refractivity contribution in [3.63, 3.8) is 0 Å². The summed E-state index contributed by atoms with van der Waals surface area (Å²) in [5, 5.41) is 17.4. The summed E-state index contributed by atoms with van der Waals surface area (Å²) in [4.78, 5) is 14.6. The maximum absolute atomic E-state index is 10.9. The van der Waals surface area contributed by atoms with Gasteiger partial charge in [0.2, 0.25) is 5.82 Å². The van der Waals surface area contributed by atoms with Crippen molar-refractivity contribution in [1.82, 2.24) is 10.3 Å². The van der Waals surface area contributed by atoms with E-state index in [1.54, 1.807) is 19.2 Å². The highest BCUT2D eigenvalue weighted by Gasteiger charge is 2.17. The van der Waals surface area contributed by atoms with Crippen molar-refractivity contribution in [2.75, 3.05) is 18.4 Å². The predicted octanol–water partition coefficient (Wildman–Crippen LogP) is 1.85. The lowest BCUT2D eigenvalue weighted by atomic mass is 10.1. The first-order chi connectivity index (χ1) is 8.66. The highest BCUT2D eigenvalue weighted by Crippen LogP contribution is 2.22. The molecule has 1 saturated heterocycles. The van der Waals surface area contributed by atoms with Crippen LogP contribution in [0, 0.1) is 17.0 Å². The second kappa shape index (κ2) is 5.77. The molecule has 2 heterocycles. The summed E-state index contributed by atoms with van der Waals surface area (Å²) in [7, 11) is 0. The molecule has 6 nitrogen and oxygen atoms in total. The van der Waals surface area contributed by atoms with E-state index in [1.165, 1.54) is 12.8 Å². The number of nitrogens with one attached hydrogen (secondary N) is 2. The van der Waals surface area contributed by atoms with Crippen LogP contribution < -0.4 is 10.6 Å². The molecule has 2 rings (SSSR count). The minimum Gasteiger partial charge on any atom is -0.364 e. The van der Waals surface area contributed by atoms with E-state index in [-0.39, 0.29) is 5.69 Å². The van der Waals surface area contributed by atoms with E-state index in [1.807, 2.05) is 0 Å². The Morgan fingerprint density at radius 3 is 3.17 bits per heavy atom. The van der Waals surface area contributed by atoms with Gasteiger partial charge >= 0.3 is 5.69 Å². The molecular formula is C12H18N4O2. The monoisotopic (exact) mass is 250 g/mol. The number of aromatic nitrogens is 1. The van der Waals surface area contributed by atoms with Gasteiger partial charge in [0.1, 0.15) is 0 Å². The molecule has 1 aromatic heterocycles. The molecule has 0 amide bonds. The average molecular weight is 250 g/mol. The SMILES string of the molecule is Cc1cnc(NCC[C@H]2CCCN2)c([N+](=O)[O-])c1. The summed E-state index contributed by atoms with van der Waals surface area (Å²) in [6.07, 6.45) is 5.01. The van der Waals surface area contributed by atoms with Crippen molar-refractivity contribution in [2.45, 2.75) is 32.2 Å². The van der Waals surface area contributed by atoms with E-state index < -0.39 is 4.92 Å². The number of nitrogens with zero attached hydrogens (tertiary/aromatic N) is 2. The first-order valence-corrected chi connectivity index (χ1v) is 6.25. The van der Waals surface area contributed by atoms with Crippen LogP contribution in [0.15, 0.2) is 12.3 Å². The highest BCUT2D eigenvalue weighted by atomic mass is 16.6. The Labute approximate surface area is 106 Å². The van der Waals surface area contributed by atoms with Gasteiger partial charge in [0.15, 0.2) is 0 Å². The third kappa shape index (κ3) is 3.16. The zero-order chi connectivity index (χ0) is 13.0. The van der Waals surface area contributed by atoms with Crippen molar-refractivity contribution in [3.8, 4) is 0 Å². The van der Waals surface area contributed by atoms with Crippen LogP contribution in [-0.2, 0) is 0 Å². The Balaban J connectivity index is 1.93. The van der Waals surface area contributed by atoms with Crippen LogP contribution in [0.2, 0.25) is 0 Å². The molecule has 0 aromatic carbocycles. The third-order valence-electron chi connectivity index (χ3n) is 3.15. The summed E-state index contributed by atoms with van der Waals surface area (Å²) < 4.78 is 0. The molecule has 1 aliphatic rings. The van der Waals surface area contributed by atoms with E-state index in [9.17, 15) is 10.1 Å². The Hall–Kier alpha value is -1.69. The molecule has 0 radical (unpaired) electrons. The molecule has 1 atom stereocenters. The molecule has 6 heteroatoms. The van der Waals surface area contributed by atoms with Crippen LogP contribution in [0.1, 0.15) is 24.8 Å². The lowest BCUT2D eigenvalue weighted by Gasteiger charge is -2.11. The van der Waals surface area contributed by atoms with Gasteiger partial charge in [0.25, 0.3) is 0 Å². The first kappa shape index (κ1) is 12.8. The van der Waals surface area contributed by atoms with Gasteiger partial charge in [-0.3, -0.25) is 10.1 Å². The van der Waals surface area contributed by atoms with E-state index in [4.69, 9.17) is 0 Å². The Kier molecular flexibility index (Phi) is 4.09. The van der Waals surface area contributed by atoms with Gasteiger partial charge in [0, 0.05) is 24.8 Å². The summed E-state index contributed by atoms with van der Waals surface area (Å²) >= 11 is 0. The number of rotatable bonds is 5. The lowest BCUT2D eigenvalue weighted by Crippen LogP contribution is -2.24. The fourth-order valence-electron chi connectivity index (χ4n) is 2.20. The Morgan fingerprint density at radius 2 is 2.50 bits per heavy atom. The minimum atomic E-state index is -0.393. The van der Waals surface area contributed by atoms with Crippen LogP contribution in [0.25, 0.3) is 0 Å². The quantitative estimate of drug-likeness (QED) is 0.615. The van der Waals surface area contributed by atoms with E-state index in [0.717, 1.165) is 18.5 Å². The van der Waals surface area contributed by atoms with Gasteiger partial charge in [-0.1, -0.05) is 0 Å². The van der Waals surface area contributed by atoms with Crippen LogP contribution in [0.3, 0.4) is 0 Å². The topological polar surface area (TPSA) is 80.1 Å². The minimum absolute atomic E-state index is 0.0504. The molecule has 0 aliphatic carbocycles. The summed E-state index contributed by atoms with van der Waals surface area (Å²) in [5.74, 6) is 0.364. The highest BCUT2D eigenvalue weighted by molar-refractivity contribution is 5.56. The molecule has 1 aliphatic heterocycles. The number of pyridine rings is 1. The largest absolute Gasteiger partial charge is 0.364 e. The standard InChI is InChI=1S/C12H18N4O2/c1-9-7-11(16(17)18)12(15-8-9)14-6-4-10-3-2-5-13-10/h7-8,10,13H,2-6H2,1H3,(H,14,15)/t10-/m1/s1. The van der Waals surface area contributed by atoms with Gasteiger partial charge in [0.05, 0.1) is 4.92 Å². The van der Waals surface area contributed by atoms with Crippen LogP contribution in [0.5, 0.6) is 0 Å². The van der Waals surface area contributed by atoms with Crippen molar-refractivity contribution in [2.24, 2.45) is 0 Å². The molecule has 98 valence electrons. The maximum atomic E-state index is 10.9. The molecule has 0 spiro atoms. The number of aryl methyl sites for hydroxylation is 1. The molecule has 2 N–H and O–H groups in total. The third-order valence-corrected chi connectivity index (χ3v) is 3.15. The predicted molar refractivity (Wildman–Crippen MR) is 69.8 cm³/mol. The number of anilines is 1. The molecule has 1 fully saturated rings. The van der Waals surface area contributed by atoms with Gasteiger partial charge in [-0.2, -0.15) is 0 Å². The van der Waals surface area contributed by atoms with Crippen molar-refractivity contribution < 1.29 is 4.92 Å². The smallest absolute Gasteiger partial charge is 0.311 e. The molecule has 0 bridgehead atoms. The van der Waals surface area contributed by atoms with Gasteiger partial charge in [-0.25, -0.2) is 4.98 Å². The van der Waals surface area contributed by atoms with E-state index >= 15 is 0 Å². The number of hydrogen-bond acceptors (Lipinski definition) is 5. The molecule has 18 heavy (non-hydrogen) atoms. The van der Waals surface area contributed by atoms with Crippen LogP contribution in [0.4, 0.5) is 11.5 Å². The maximum Gasteiger partial charge on any atom is 0.311 e. The average Bonchev–Trinajstić information content (AvgIpc) is 2.84. The molecule has 0 unspecified atom stereocenters. The second-order valence-electron chi connectivity index (χ2n) is 4.65. The summed E-state index contributed by atoms with van der Waals surface area (Å²) in [6.45, 7) is 3.58. The van der Waals surface area contributed by atoms with Crippen molar-refractivity contribution >= 4 is 11.5 Å². The van der Waals surface area contributed by atoms with Gasteiger partial charge in [-0.15, -0.1) is 0 Å². The number of nitro groups is 1. The zero-order valence-electron chi connectivity index (χ0n) is 10.5. The van der Waals surface area contributed by atoms with E-state index in [0.29, 0.717) is 18.4 Å². The lowest BCUT2D eigenvalue weighted by molar-refractivity contribution is -0.384. The van der Waals surface area contributed by atoms with E-state index in [2.05, 4.69) is 15.6 Å².